The van der Waals surface area contributed by atoms with Crippen LogP contribution >= 0.6 is 0 Å². The van der Waals surface area contributed by atoms with Gasteiger partial charge in [-0.1, -0.05) is 10.3 Å². The summed E-state index contributed by atoms with van der Waals surface area (Å²) in [5.41, 5.74) is 3.87. The molecular weight excluding hydrogens is 280 g/mol. The highest BCUT2D eigenvalue weighted by atomic mass is 16.5. The predicted molar refractivity (Wildman–Crippen MR) is 80.9 cm³/mol. The Balaban J connectivity index is 1.68. The Morgan fingerprint density at radius 2 is 1.82 bits per heavy atom. The molecule has 6 heteroatoms. The minimum Gasteiger partial charge on any atom is -0.361 e. The Kier molecular flexibility index (Phi) is 4.02. The van der Waals surface area contributed by atoms with Gasteiger partial charge in [0.15, 0.2) is 5.76 Å². The van der Waals surface area contributed by atoms with E-state index < -0.39 is 0 Å². The van der Waals surface area contributed by atoms with Crippen LogP contribution in [0.5, 0.6) is 0 Å². The van der Waals surface area contributed by atoms with Crippen LogP contribution < -0.4 is 0 Å². The van der Waals surface area contributed by atoms with Gasteiger partial charge in [-0.3, -0.25) is 9.88 Å². The monoisotopic (exact) mass is 298 g/mol. The molecule has 3 aromatic heterocycles. The van der Waals surface area contributed by atoms with Crippen molar-refractivity contribution >= 4 is 0 Å². The van der Waals surface area contributed by atoms with E-state index in [-0.39, 0.29) is 0 Å². The van der Waals surface area contributed by atoms with Gasteiger partial charge >= 0.3 is 0 Å². The molecule has 22 heavy (non-hydrogen) atoms. The second-order valence-corrected chi connectivity index (χ2v) is 5.39. The Labute approximate surface area is 128 Å². The van der Waals surface area contributed by atoms with Crippen LogP contribution in [0.2, 0.25) is 0 Å². The van der Waals surface area contributed by atoms with Gasteiger partial charge < -0.3 is 9.05 Å². The molecule has 0 N–H and O–H groups in total. The zero-order valence-corrected chi connectivity index (χ0v) is 12.9. The fourth-order valence-electron chi connectivity index (χ4n) is 2.37. The molecule has 0 unspecified atom stereocenters. The molecule has 0 aliphatic rings. The zero-order chi connectivity index (χ0) is 15.5. The van der Waals surface area contributed by atoms with Crippen molar-refractivity contribution in [2.45, 2.75) is 26.9 Å². The van der Waals surface area contributed by atoms with Crippen molar-refractivity contribution in [2.75, 3.05) is 7.05 Å². The van der Waals surface area contributed by atoms with Crippen molar-refractivity contribution in [1.29, 1.82) is 0 Å². The Bertz CT molecular complexity index is 729. The van der Waals surface area contributed by atoms with Crippen LogP contribution in [0, 0.1) is 13.8 Å². The molecule has 0 spiro atoms. The maximum absolute atomic E-state index is 5.42. The lowest BCUT2D eigenvalue weighted by molar-refractivity contribution is 0.265. The van der Waals surface area contributed by atoms with Gasteiger partial charge in [0, 0.05) is 36.1 Å². The van der Waals surface area contributed by atoms with Crippen LogP contribution in [0.1, 0.15) is 22.8 Å². The number of aryl methyl sites for hydroxylation is 2. The third-order valence-corrected chi connectivity index (χ3v) is 3.57. The smallest absolute Gasteiger partial charge is 0.151 e. The minimum atomic E-state index is 0.669. The zero-order valence-electron chi connectivity index (χ0n) is 12.9. The van der Waals surface area contributed by atoms with Gasteiger partial charge in [0.05, 0.1) is 12.2 Å². The highest BCUT2D eigenvalue weighted by Gasteiger charge is 2.14. The van der Waals surface area contributed by atoms with Gasteiger partial charge in [-0.2, -0.15) is 0 Å². The molecule has 0 radical (unpaired) electrons. The number of hydrogen-bond acceptors (Lipinski definition) is 6. The summed E-state index contributed by atoms with van der Waals surface area (Å²) in [5.74, 6) is 1.68. The molecule has 0 saturated heterocycles. The molecule has 0 amide bonds. The lowest BCUT2D eigenvalue weighted by Gasteiger charge is -2.14. The fourth-order valence-corrected chi connectivity index (χ4v) is 2.37. The Morgan fingerprint density at radius 3 is 2.50 bits per heavy atom. The van der Waals surface area contributed by atoms with E-state index in [0.717, 1.165) is 40.6 Å². The molecule has 3 rings (SSSR count). The molecule has 0 bridgehead atoms. The average molecular weight is 298 g/mol. The minimum absolute atomic E-state index is 0.669. The quantitative estimate of drug-likeness (QED) is 0.721. The van der Waals surface area contributed by atoms with Crippen molar-refractivity contribution in [2.24, 2.45) is 0 Å². The molecule has 3 aromatic rings. The van der Waals surface area contributed by atoms with Crippen LogP contribution in [-0.4, -0.2) is 27.2 Å². The molecule has 0 fully saturated rings. The SMILES string of the molecule is Cc1noc(C)c1CN(C)Cc1cc(-c2ccncc2)no1. The Morgan fingerprint density at radius 1 is 1.05 bits per heavy atom. The largest absolute Gasteiger partial charge is 0.361 e. The summed E-state index contributed by atoms with van der Waals surface area (Å²) < 4.78 is 10.6. The van der Waals surface area contributed by atoms with Crippen molar-refractivity contribution in [3.8, 4) is 11.3 Å². The van der Waals surface area contributed by atoms with Crippen LogP contribution in [0.3, 0.4) is 0 Å². The van der Waals surface area contributed by atoms with Crippen molar-refractivity contribution in [3.05, 3.63) is 53.4 Å². The highest BCUT2D eigenvalue weighted by molar-refractivity contribution is 5.57. The fraction of sp³-hybridized carbons (Fsp3) is 0.312. The predicted octanol–water partition coefficient (Wildman–Crippen LogP) is 2.97. The molecule has 0 aliphatic heterocycles. The first-order valence-corrected chi connectivity index (χ1v) is 7.10. The summed E-state index contributed by atoms with van der Waals surface area (Å²) in [6.07, 6.45) is 3.49. The molecule has 0 saturated carbocycles. The maximum Gasteiger partial charge on any atom is 0.151 e. The number of aromatic nitrogens is 3. The van der Waals surface area contributed by atoms with E-state index in [4.69, 9.17) is 9.05 Å². The van der Waals surface area contributed by atoms with E-state index in [1.807, 2.05) is 39.1 Å². The van der Waals surface area contributed by atoms with E-state index in [1.54, 1.807) is 12.4 Å². The summed E-state index contributed by atoms with van der Waals surface area (Å²) in [6, 6.07) is 5.78. The van der Waals surface area contributed by atoms with Crippen molar-refractivity contribution in [1.82, 2.24) is 20.2 Å². The van der Waals surface area contributed by atoms with E-state index >= 15 is 0 Å². The van der Waals surface area contributed by atoms with Crippen LogP contribution in [-0.2, 0) is 13.1 Å². The van der Waals surface area contributed by atoms with Crippen molar-refractivity contribution < 1.29 is 9.05 Å². The standard InChI is InChI=1S/C16H18N4O2/c1-11-15(12(2)21-18-11)10-20(3)9-14-8-16(19-22-14)13-4-6-17-7-5-13/h4-8H,9-10H2,1-3H3. The van der Waals surface area contributed by atoms with E-state index in [0.29, 0.717) is 6.54 Å². The molecule has 114 valence electrons. The van der Waals surface area contributed by atoms with Gasteiger partial charge in [-0.25, -0.2) is 0 Å². The molecule has 3 heterocycles. The molecular formula is C16H18N4O2. The number of rotatable bonds is 5. The summed E-state index contributed by atoms with van der Waals surface area (Å²) in [4.78, 5) is 6.15. The average Bonchev–Trinajstić information content (AvgIpc) is 3.10. The molecule has 0 aliphatic carbocycles. The lowest BCUT2D eigenvalue weighted by Crippen LogP contribution is -2.17. The third-order valence-electron chi connectivity index (χ3n) is 3.57. The maximum atomic E-state index is 5.42. The number of nitrogens with zero attached hydrogens (tertiary/aromatic N) is 4. The topological polar surface area (TPSA) is 68.2 Å². The second kappa shape index (κ2) is 6.11. The van der Waals surface area contributed by atoms with Crippen LogP contribution in [0.4, 0.5) is 0 Å². The van der Waals surface area contributed by atoms with Crippen LogP contribution in [0.15, 0.2) is 39.6 Å². The first-order chi connectivity index (χ1) is 10.6. The Hall–Kier alpha value is -2.47. The molecule has 0 aromatic carbocycles. The van der Waals surface area contributed by atoms with Crippen molar-refractivity contribution in [3.63, 3.8) is 0 Å². The van der Waals surface area contributed by atoms with Gasteiger partial charge in [0.25, 0.3) is 0 Å². The van der Waals surface area contributed by atoms with Gasteiger partial charge in [0.2, 0.25) is 0 Å². The summed E-state index contributed by atoms with van der Waals surface area (Å²) in [6.45, 7) is 5.31. The number of hydrogen-bond donors (Lipinski definition) is 0. The lowest BCUT2D eigenvalue weighted by atomic mass is 10.2. The van der Waals surface area contributed by atoms with Crippen LogP contribution in [0.25, 0.3) is 11.3 Å². The molecule has 0 atom stereocenters. The number of pyridine rings is 1. The van der Waals surface area contributed by atoms with Gasteiger partial charge in [-0.05, 0) is 33.0 Å². The summed E-state index contributed by atoms with van der Waals surface area (Å²) >= 11 is 0. The highest BCUT2D eigenvalue weighted by Crippen LogP contribution is 2.20. The normalized spacial score (nSPS) is 11.3. The van der Waals surface area contributed by atoms with Gasteiger partial charge in [0.1, 0.15) is 11.5 Å². The molecule has 6 nitrogen and oxygen atoms in total. The van der Waals surface area contributed by atoms with E-state index in [9.17, 15) is 0 Å². The van der Waals surface area contributed by atoms with E-state index in [1.165, 1.54) is 0 Å². The summed E-state index contributed by atoms with van der Waals surface area (Å²) in [7, 11) is 2.03. The third kappa shape index (κ3) is 3.07. The van der Waals surface area contributed by atoms with E-state index in [2.05, 4.69) is 20.2 Å². The first-order valence-electron chi connectivity index (χ1n) is 7.10. The summed E-state index contributed by atoms with van der Waals surface area (Å²) in [5, 5.41) is 8.09. The van der Waals surface area contributed by atoms with Gasteiger partial charge in [-0.15, -0.1) is 0 Å². The second-order valence-electron chi connectivity index (χ2n) is 5.39. The first kappa shape index (κ1) is 14.5.